The molecule has 0 aliphatic carbocycles. The highest BCUT2D eigenvalue weighted by molar-refractivity contribution is 5.62. The first kappa shape index (κ1) is 11.7. The van der Waals surface area contributed by atoms with E-state index in [2.05, 4.69) is 25.8 Å². The Morgan fingerprint density at radius 2 is 2.13 bits per heavy atom. The van der Waals surface area contributed by atoms with Crippen LogP contribution in [-0.2, 0) is 0 Å². The van der Waals surface area contributed by atoms with E-state index in [-0.39, 0.29) is 0 Å². The van der Waals surface area contributed by atoms with Gasteiger partial charge in [-0.2, -0.15) is 0 Å². The Kier molecular flexibility index (Phi) is 3.83. The van der Waals surface area contributed by atoms with E-state index in [0.29, 0.717) is 11.7 Å². The van der Waals surface area contributed by atoms with Gasteiger partial charge >= 0.3 is 0 Å². The van der Waals surface area contributed by atoms with Gasteiger partial charge in [-0.15, -0.1) is 0 Å². The van der Waals surface area contributed by atoms with Crippen molar-refractivity contribution in [1.82, 2.24) is 0 Å². The van der Waals surface area contributed by atoms with Crippen molar-refractivity contribution in [1.29, 1.82) is 0 Å². The zero-order valence-electron chi connectivity index (χ0n) is 9.95. The van der Waals surface area contributed by atoms with Gasteiger partial charge in [-0.3, -0.25) is 0 Å². The maximum absolute atomic E-state index is 5.77. The highest BCUT2D eigenvalue weighted by atomic mass is 16.5. The van der Waals surface area contributed by atoms with Crippen LogP contribution in [-0.4, -0.2) is 20.2 Å². The minimum absolute atomic E-state index is 0.512. The van der Waals surface area contributed by atoms with Gasteiger partial charge in [0, 0.05) is 24.8 Å². The fourth-order valence-electron chi connectivity index (χ4n) is 1.45. The lowest BCUT2D eigenvalue weighted by Crippen LogP contribution is -2.27. The number of anilines is 2. The number of nitrogens with two attached hydrogens (primary N) is 1. The van der Waals surface area contributed by atoms with Gasteiger partial charge in [0.15, 0.2) is 0 Å². The standard InChI is InChI=1S/C12H20N2O/c1-5-9(2)14(3)10-6-7-11(13)12(8-10)15-4/h6-9H,5,13H2,1-4H3. The predicted molar refractivity (Wildman–Crippen MR) is 65.6 cm³/mol. The number of rotatable bonds is 4. The summed E-state index contributed by atoms with van der Waals surface area (Å²) in [6.07, 6.45) is 1.11. The molecule has 1 unspecified atom stereocenters. The van der Waals surface area contributed by atoms with Gasteiger partial charge in [0.2, 0.25) is 0 Å². The van der Waals surface area contributed by atoms with E-state index in [1.54, 1.807) is 7.11 Å². The summed E-state index contributed by atoms with van der Waals surface area (Å²) in [6.45, 7) is 4.37. The molecule has 2 N–H and O–H groups in total. The molecular formula is C12H20N2O. The van der Waals surface area contributed by atoms with Crippen molar-refractivity contribution in [2.45, 2.75) is 26.3 Å². The molecule has 0 saturated heterocycles. The molecule has 0 aliphatic heterocycles. The molecule has 3 heteroatoms. The van der Waals surface area contributed by atoms with Crippen LogP contribution in [0.4, 0.5) is 11.4 Å². The number of benzene rings is 1. The highest BCUT2D eigenvalue weighted by Crippen LogP contribution is 2.27. The van der Waals surface area contributed by atoms with Crippen molar-refractivity contribution in [3.8, 4) is 5.75 Å². The van der Waals surface area contributed by atoms with E-state index in [9.17, 15) is 0 Å². The third kappa shape index (κ3) is 2.55. The molecular weight excluding hydrogens is 188 g/mol. The van der Waals surface area contributed by atoms with Crippen molar-refractivity contribution >= 4 is 11.4 Å². The normalized spacial score (nSPS) is 12.3. The number of methoxy groups -OCH3 is 1. The van der Waals surface area contributed by atoms with E-state index in [4.69, 9.17) is 10.5 Å². The van der Waals surface area contributed by atoms with Crippen LogP contribution in [0.15, 0.2) is 18.2 Å². The zero-order valence-corrected chi connectivity index (χ0v) is 9.95. The Labute approximate surface area is 91.8 Å². The lowest BCUT2D eigenvalue weighted by Gasteiger charge is -2.26. The summed E-state index contributed by atoms with van der Waals surface area (Å²) in [7, 11) is 3.72. The molecule has 15 heavy (non-hydrogen) atoms. The summed E-state index contributed by atoms with van der Waals surface area (Å²) < 4.78 is 5.20. The first-order chi connectivity index (χ1) is 7.10. The van der Waals surface area contributed by atoms with Gasteiger partial charge < -0.3 is 15.4 Å². The van der Waals surface area contributed by atoms with Crippen molar-refractivity contribution in [3.63, 3.8) is 0 Å². The lowest BCUT2D eigenvalue weighted by molar-refractivity contribution is 0.417. The lowest BCUT2D eigenvalue weighted by atomic mass is 10.2. The van der Waals surface area contributed by atoms with Crippen LogP contribution in [0.5, 0.6) is 5.75 Å². The van der Waals surface area contributed by atoms with Crippen molar-refractivity contribution in [2.75, 3.05) is 24.8 Å². The number of hydrogen-bond acceptors (Lipinski definition) is 3. The van der Waals surface area contributed by atoms with E-state index in [1.165, 1.54) is 0 Å². The molecule has 3 nitrogen and oxygen atoms in total. The third-order valence-electron chi connectivity index (χ3n) is 2.88. The summed E-state index contributed by atoms with van der Waals surface area (Å²) in [5.41, 5.74) is 7.58. The molecule has 0 heterocycles. The number of hydrogen-bond donors (Lipinski definition) is 1. The Hall–Kier alpha value is -1.38. The van der Waals surface area contributed by atoms with Gasteiger partial charge in [0.1, 0.15) is 5.75 Å². The van der Waals surface area contributed by atoms with Gasteiger partial charge in [-0.25, -0.2) is 0 Å². The largest absolute Gasteiger partial charge is 0.495 e. The van der Waals surface area contributed by atoms with Crippen LogP contribution in [0.2, 0.25) is 0 Å². The molecule has 0 spiro atoms. The van der Waals surface area contributed by atoms with Crippen LogP contribution >= 0.6 is 0 Å². The second-order valence-corrected chi connectivity index (χ2v) is 3.79. The average Bonchev–Trinajstić information content (AvgIpc) is 2.27. The molecule has 0 radical (unpaired) electrons. The van der Waals surface area contributed by atoms with E-state index in [1.807, 2.05) is 18.2 Å². The first-order valence-electron chi connectivity index (χ1n) is 5.26. The zero-order chi connectivity index (χ0) is 11.4. The van der Waals surface area contributed by atoms with Crippen LogP contribution in [0.3, 0.4) is 0 Å². The molecule has 0 fully saturated rings. The van der Waals surface area contributed by atoms with Gasteiger partial charge in [0.25, 0.3) is 0 Å². The van der Waals surface area contributed by atoms with Gasteiger partial charge in [-0.05, 0) is 25.5 Å². The van der Waals surface area contributed by atoms with Crippen LogP contribution in [0, 0.1) is 0 Å². The molecule has 1 aromatic rings. The van der Waals surface area contributed by atoms with E-state index < -0.39 is 0 Å². The highest BCUT2D eigenvalue weighted by Gasteiger charge is 2.09. The molecule has 0 bridgehead atoms. The summed E-state index contributed by atoms with van der Waals surface area (Å²) >= 11 is 0. The molecule has 0 saturated carbocycles. The molecule has 1 atom stereocenters. The maximum Gasteiger partial charge on any atom is 0.143 e. The second-order valence-electron chi connectivity index (χ2n) is 3.79. The predicted octanol–water partition coefficient (Wildman–Crippen LogP) is 2.51. The topological polar surface area (TPSA) is 38.5 Å². The molecule has 1 aromatic carbocycles. The summed E-state index contributed by atoms with van der Waals surface area (Å²) in [5, 5.41) is 0. The van der Waals surface area contributed by atoms with Crippen LogP contribution in [0.25, 0.3) is 0 Å². The SMILES string of the molecule is CCC(C)N(C)c1ccc(N)c(OC)c1. The number of nitrogens with zero attached hydrogens (tertiary/aromatic N) is 1. The Bertz CT molecular complexity index is 325. The second kappa shape index (κ2) is 4.91. The average molecular weight is 208 g/mol. The van der Waals surface area contributed by atoms with Crippen molar-refractivity contribution < 1.29 is 4.74 Å². The Morgan fingerprint density at radius 3 is 2.67 bits per heavy atom. The molecule has 84 valence electrons. The smallest absolute Gasteiger partial charge is 0.143 e. The quantitative estimate of drug-likeness (QED) is 0.773. The Morgan fingerprint density at radius 1 is 1.47 bits per heavy atom. The van der Waals surface area contributed by atoms with Crippen molar-refractivity contribution in [3.05, 3.63) is 18.2 Å². The third-order valence-corrected chi connectivity index (χ3v) is 2.88. The fourth-order valence-corrected chi connectivity index (χ4v) is 1.45. The summed E-state index contributed by atoms with van der Waals surface area (Å²) in [6, 6.07) is 6.39. The van der Waals surface area contributed by atoms with Crippen LogP contribution < -0.4 is 15.4 Å². The van der Waals surface area contributed by atoms with Gasteiger partial charge in [0.05, 0.1) is 12.8 Å². The van der Waals surface area contributed by atoms with Crippen LogP contribution in [0.1, 0.15) is 20.3 Å². The fraction of sp³-hybridized carbons (Fsp3) is 0.500. The molecule has 0 aromatic heterocycles. The van der Waals surface area contributed by atoms with E-state index in [0.717, 1.165) is 17.9 Å². The van der Waals surface area contributed by atoms with E-state index >= 15 is 0 Å². The number of ether oxygens (including phenoxy) is 1. The number of nitrogen functional groups attached to an aromatic ring is 1. The van der Waals surface area contributed by atoms with Gasteiger partial charge in [-0.1, -0.05) is 6.92 Å². The summed E-state index contributed by atoms with van der Waals surface area (Å²) in [5.74, 6) is 0.739. The molecule has 1 rings (SSSR count). The minimum atomic E-state index is 0.512. The molecule has 0 amide bonds. The maximum atomic E-state index is 5.77. The molecule has 0 aliphatic rings. The Balaban J connectivity index is 2.95. The monoisotopic (exact) mass is 208 g/mol. The minimum Gasteiger partial charge on any atom is -0.495 e. The first-order valence-corrected chi connectivity index (χ1v) is 5.26. The van der Waals surface area contributed by atoms with Crippen molar-refractivity contribution in [2.24, 2.45) is 0 Å². The summed E-state index contributed by atoms with van der Waals surface area (Å²) in [4.78, 5) is 2.22.